The van der Waals surface area contributed by atoms with Gasteiger partial charge in [-0.1, -0.05) is 0 Å². The molecule has 3 rings (SSSR count). The Hall–Kier alpha value is -1.82. The number of aryl methyl sites for hydroxylation is 1. The Balaban J connectivity index is 1.95. The van der Waals surface area contributed by atoms with E-state index in [2.05, 4.69) is 15.0 Å². The van der Waals surface area contributed by atoms with Crippen molar-refractivity contribution in [2.24, 2.45) is 0 Å². The molecule has 1 aliphatic carbocycles. The lowest BCUT2D eigenvalue weighted by atomic mass is 9.91. The van der Waals surface area contributed by atoms with Gasteiger partial charge in [0.25, 0.3) is 0 Å². The monoisotopic (exact) mass is 289 g/mol. The average molecular weight is 289 g/mol. The lowest BCUT2D eigenvalue weighted by Gasteiger charge is -2.19. The van der Waals surface area contributed by atoms with Gasteiger partial charge in [0.1, 0.15) is 16.6 Å². The minimum absolute atomic E-state index is 0.163. The normalized spacial score (nSPS) is 17.6. The molecule has 0 fully saturated rings. The fraction of sp³-hybridized carbons (Fsp3) is 0.429. The number of esters is 1. The van der Waals surface area contributed by atoms with Crippen molar-refractivity contribution in [1.29, 1.82) is 0 Å². The third-order valence-corrected chi connectivity index (χ3v) is 4.46. The van der Waals surface area contributed by atoms with Gasteiger partial charge in [0, 0.05) is 17.3 Å². The summed E-state index contributed by atoms with van der Waals surface area (Å²) in [6, 6.07) is 0. The van der Waals surface area contributed by atoms with Gasteiger partial charge in [-0.2, -0.15) is 0 Å². The highest BCUT2D eigenvalue weighted by Crippen LogP contribution is 2.38. The van der Waals surface area contributed by atoms with E-state index >= 15 is 0 Å². The Bertz CT molecular complexity index is 612. The summed E-state index contributed by atoms with van der Waals surface area (Å²) >= 11 is 1.61. The van der Waals surface area contributed by atoms with Crippen LogP contribution in [0, 0.1) is 0 Å². The molecule has 0 spiro atoms. The molecule has 104 valence electrons. The summed E-state index contributed by atoms with van der Waals surface area (Å²) in [7, 11) is 0. The lowest BCUT2D eigenvalue weighted by Crippen LogP contribution is -2.20. The van der Waals surface area contributed by atoms with Gasteiger partial charge in [0.05, 0.1) is 18.5 Å². The Kier molecular flexibility index (Phi) is 3.73. The molecule has 6 heteroatoms. The van der Waals surface area contributed by atoms with E-state index in [0.717, 1.165) is 35.7 Å². The molecule has 2 heterocycles. The van der Waals surface area contributed by atoms with Crippen molar-refractivity contribution < 1.29 is 9.53 Å². The minimum atomic E-state index is -0.222. The van der Waals surface area contributed by atoms with Gasteiger partial charge in [-0.3, -0.25) is 14.8 Å². The summed E-state index contributed by atoms with van der Waals surface area (Å²) < 4.78 is 5.15. The van der Waals surface area contributed by atoms with Crippen LogP contribution in [-0.4, -0.2) is 27.5 Å². The zero-order valence-corrected chi connectivity index (χ0v) is 12.0. The van der Waals surface area contributed by atoms with Crippen molar-refractivity contribution in [3.63, 3.8) is 0 Å². The molecule has 5 nitrogen and oxygen atoms in total. The minimum Gasteiger partial charge on any atom is -0.465 e. The first-order chi connectivity index (χ1) is 9.79. The zero-order valence-electron chi connectivity index (χ0n) is 11.2. The summed E-state index contributed by atoms with van der Waals surface area (Å²) in [5.74, 6) is -0.384. The molecule has 1 atom stereocenters. The van der Waals surface area contributed by atoms with E-state index in [1.807, 2.05) is 6.92 Å². The number of hydrogen-bond donors (Lipinski definition) is 0. The molecule has 0 bridgehead atoms. The van der Waals surface area contributed by atoms with Crippen molar-refractivity contribution in [2.75, 3.05) is 6.61 Å². The molecule has 1 unspecified atom stereocenters. The highest BCUT2D eigenvalue weighted by Gasteiger charge is 2.31. The van der Waals surface area contributed by atoms with Crippen molar-refractivity contribution in [2.45, 2.75) is 32.1 Å². The van der Waals surface area contributed by atoms with E-state index in [0.29, 0.717) is 6.61 Å². The molecule has 0 amide bonds. The molecule has 0 radical (unpaired) electrons. The Labute approximate surface area is 121 Å². The summed E-state index contributed by atoms with van der Waals surface area (Å²) in [4.78, 5) is 26.1. The molecule has 0 saturated heterocycles. The number of ether oxygens (including phenoxy) is 1. The molecule has 20 heavy (non-hydrogen) atoms. The first-order valence-corrected chi connectivity index (χ1v) is 7.54. The van der Waals surface area contributed by atoms with Crippen LogP contribution >= 0.6 is 11.3 Å². The van der Waals surface area contributed by atoms with E-state index in [1.165, 1.54) is 4.88 Å². The summed E-state index contributed by atoms with van der Waals surface area (Å²) in [6.07, 6.45) is 7.78. The number of rotatable bonds is 3. The number of aromatic nitrogens is 3. The second-order valence-electron chi connectivity index (χ2n) is 4.61. The Morgan fingerprint density at radius 3 is 3.15 bits per heavy atom. The van der Waals surface area contributed by atoms with Crippen LogP contribution in [0.25, 0.3) is 10.7 Å². The van der Waals surface area contributed by atoms with Gasteiger partial charge in [0.2, 0.25) is 0 Å². The number of carbonyl (C=O) groups is 1. The van der Waals surface area contributed by atoms with Crippen molar-refractivity contribution >= 4 is 17.3 Å². The van der Waals surface area contributed by atoms with Crippen LogP contribution in [0.2, 0.25) is 0 Å². The molecule has 0 saturated carbocycles. The van der Waals surface area contributed by atoms with E-state index in [4.69, 9.17) is 4.74 Å². The van der Waals surface area contributed by atoms with Crippen LogP contribution in [0.5, 0.6) is 0 Å². The number of nitrogens with zero attached hydrogens (tertiary/aromatic N) is 3. The molecule has 1 aliphatic rings. The van der Waals surface area contributed by atoms with E-state index < -0.39 is 0 Å². The standard InChI is InChI=1S/C14H15N3O2S/c1-2-19-14(18)9-4-3-5-11-12(9)17-13(20-11)10-8-15-6-7-16-10/h6-9H,2-5H2,1H3. The molecular formula is C14H15N3O2S. The second-order valence-corrected chi connectivity index (χ2v) is 5.70. The zero-order chi connectivity index (χ0) is 13.9. The largest absolute Gasteiger partial charge is 0.465 e. The average Bonchev–Trinajstić information content (AvgIpc) is 2.92. The molecule has 0 N–H and O–H groups in total. The van der Waals surface area contributed by atoms with Crippen LogP contribution in [0.1, 0.15) is 36.3 Å². The van der Waals surface area contributed by atoms with E-state index in [1.54, 1.807) is 29.9 Å². The van der Waals surface area contributed by atoms with Gasteiger partial charge in [-0.15, -0.1) is 11.3 Å². The van der Waals surface area contributed by atoms with Gasteiger partial charge in [0.15, 0.2) is 0 Å². The van der Waals surface area contributed by atoms with Crippen LogP contribution in [0.15, 0.2) is 18.6 Å². The smallest absolute Gasteiger partial charge is 0.315 e. The van der Waals surface area contributed by atoms with Gasteiger partial charge in [-0.05, 0) is 26.2 Å². The highest BCUT2D eigenvalue weighted by molar-refractivity contribution is 7.15. The van der Waals surface area contributed by atoms with Gasteiger partial charge in [-0.25, -0.2) is 4.98 Å². The van der Waals surface area contributed by atoms with Crippen molar-refractivity contribution in [3.8, 4) is 10.7 Å². The quantitative estimate of drug-likeness (QED) is 0.813. The Morgan fingerprint density at radius 1 is 1.50 bits per heavy atom. The van der Waals surface area contributed by atoms with E-state index in [9.17, 15) is 4.79 Å². The van der Waals surface area contributed by atoms with Crippen LogP contribution in [0.4, 0.5) is 0 Å². The van der Waals surface area contributed by atoms with Crippen molar-refractivity contribution in [1.82, 2.24) is 15.0 Å². The summed E-state index contributed by atoms with van der Waals surface area (Å²) in [5, 5.41) is 0.833. The maximum Gasteiger partial charge on any atom is 0.315 e. The van der Waals surface area contributed by atoms with E-state index in [-0.39, 0.29) is 11.9 Å². The topological polar surface area (TPSA) is 65.0 Å². The maximum absolute atomic E-state index is 12.0. The number of thiazole rings is 1. The van der Waals surface area contributed by atoms with Gasteiger partial charge >= 0.3 is 5.97 Å². The predicted molar refractivity (Wildman–Crippen MR) is 75.5 cm³/mol. The van der Waals surface area contributed by atoms with Crippen LogP contribution in [0.3, 0.4) is 0 Å². The lowest BCUT2D eigenvalue weighted by molar-refractivity contribution is -0.145. The first-order valence-electron chi connectivity index (χ1n) is 6.72. The molecule has 2 aromatic rings. The van der Waals surface area contributed by atoms with Crippen LogP contribution in [-0.2, 0) is 16.0 Å². The second kappa shape index (κ2) is 5.66. The number of fused-ring (bicyclic) bond motifs is 1. The SMILES string of the molecule is CCOC(=O)C1CCCc2sc(-c3cnccn3)nc21. The summed E-state index contributed by atoms with van der Waals surface area (Å²) in [6.45, 7) is 2.24. The molecule has 0 aromatic carbocycles. The fourth-order valence-electron chi connectivity index (χ4n) is 2.41. The predicted octanol–water partition coefficient (Wildman–Crippen LogP) is 2.58. The molecule has 2 aromatic heterocycles. The Morgan fingerprint density at radius 2 is 2.40 bits per heavy atom. The highest BCUT2D eigenvalue weighted by atomic mass is 32.1. The third kappa shape index (κ3) is 2.43. The molecule has 0 aliphatic heterocycles. The number of hydrogen-bond acceptors (Lipinski definition) is 6. The van der Waals surface area contributed by atoms with Crippen LogP contribution < -0.4 is 0 Å². The van der Waals surface area contributed by atoms with Gasteiger partial charge < -0.3 is 4.74 Å². The fourth-order valence-corrected chi connectivity index (χ4v) is 3.54. The molecular weight excluding hydrogens is 274 g/mol. The number of carbonyl (C=O) groups excluding carboxylic acids is 1. The third-order valence-electron chi connectivity index (χ3n) is 3.31. The van der Waals surface area contributed by atoms with Crippen molar-refractivity contribution in [3.05, 3.63) is 29.2 Å². The summed E-state index contributed by atoms with van der Waals surface area (Å²) in [5.41, 5.74) is 1.63. The maximum atomic E-state index is 12.0. The first kappa shape index (κ1) is 13.2.